The van der Waals surface area contributed by atoms with E-state index in [0.717, 1.165) is 41.9 Å². The molecule has 3 aromatic carbocycles. The van der Waals surface area contributed by atoms with E-state index in [1.165, 1.54) is 0 Å². The molecule has 0 saturated carbocycles. The molecule has 198 valence electrons. The van der Waals surface area contributed by atoms with E-state index in [-0.39, 0.29) is 18.4 Å². The molecule has 4 aromatic rings. The number of nitrogens with zero attached hydrogens (tertiary/aromatic N) is 2. The number of halogens is 6. The summed E-state index contributed by atoms with van der Waals surface area (Å²) in [6, 6.07) is 10.3. The normalized spacial score (nSPS) is 11.6. The van der Waals surface area contributed by atoms with Crippen molar-refractivity contribution in [2.75, 3.05) is 0 Å². The van der Waals surface area contributed by atoms with Gasteiger partial charge >= 0.3 is 6.36 Å². The summed E-state index contributed by atoms with van der Waals surface area (Å²) in [6.45, 7) is 3.71. The molecule has 0 N–H and O–H groups in total. The number of hydrogen-bond acceptors (Lipinski definition) is 3. The van der Waals surface area contributed by atoms with Crippen molar-refractivity contribution < 1.29 is 31.1 Å². The van der Waals surface area contributed by atoms with Crippen molar-refractivity contribution in [3.8, 4) is 5.75 Å². The molecule has 0 aliphatic rings. The minimum Gasteiger partial charge on any atom is -0.399 e. The van der Waals surface area contributed by atoms with Gasteiger partial charge in [-0.1, -0.05) is 36.4 Å². The second kappa shape index (κ2) is 11.7. The number of rotatable bonds is 10. The maximum atomic E-state index is 15.2. The van der Waals surface area contributed by atoms with Crippen LogP contribution in [-0.4, -0.2) is 16.3 Å². The monoisotopic (exact) mass is 530 g/mol. The summed E-state index contributed by atoms with van der Waals surface area (Å²) in [5.41, 5.74) is 2.46. The highest BCUT2D eigenvalue weighted by atomic mass is 19.4. The molecule has 9 heteroatoms. The first kappa shape index (κ1) is 27.2. The van der Waals surface area contributed by atoms with Crippen LogP contribution in [0.2, 0.25) is 0 Å². The summed E-state index contributed by atoms with van der Waals surface area (Å²) in [5.74, 6) is -4.19. The van der Waals surface area contributed by atoms with E-state index in [4.69, 9.17) is 0 Å². The highest BCUT2D eigenvalue weighted by Crippen LogP contribution is 2.30. The van der Waals surface area contributed by atoms with Crippen molar-refractivity contribution in [3.63, 3.8) is 0 Å². The van der Waals surface area contributed by atoms with Gasteiger partial charge in [0.2, 0.25) is 5.75 Å². The highest BCUT2D eigenvalue weighted by Gasteiger charge is 2.34. The Balaban J connectivity index is 1.41. The van der Waals surface area contributed by atoms with Crippen LogP contribution >= 0.6 is 0 Å². The molecule has 0 aliphatic carbocycles. The van der Waals surface area contributed by atoms with Crippen LogP contribution in [0.15, 0.2) is 67.5 Å². The molecule has 0 fully saturated rings. The molecule has 0 spiro atoms. The van der Waals surface area contributed by atoms with Gasteiger partial charge in [-0.15, -0.1) is 19.8 Å². The second-order valence-electron chi connectivity index (χ2n) is 8.87. The largest absolute Gasteiger partial charge is 0.573 e. The van der Waals surface area contributed by atoms with Crippen LogP contribution in [-0.2, 0) is 32.1 Å². The number of aryl methyl sites for hydroxylation is 5. The Morgan fingerprint density at radius 1 is 0.763 bits per heavy atom. The Labute approximate surface area is 215 Å². The quantitative estimate of drug-likeness (QED) is 0.156. The topological polar surface area (TPSA) is 35.0 Å². The molecule has 0 bridgehead atoms. The van der Waals surface area contributed by atoms with Gasteiger partial charge in [-0.3, -0.25) is 0 Å². The lowest BCUT2D eigenvalue weighted by Gasteiger charge is -2.12. The first-order valence-corrected chi connectivity index (χ1v) is 12.0. The third-order valence-corrected chi connectivity index (χ3v) is 6.09. The molecular formula is C29H24F6N2O. The number of aromatic nitrogens is 2. The van der Waals surface area contributed by atoms with E-state index in [9.17, 15) is 22.0 Å². The Morgan fingerprint density at radius 2 is 1.45 bits per heavy atom. The maximum absolute atomic E-state index is 15.2. The molecule has 0 aliphatic heterocycles. The standard InChI is InChI=1S/C29H24F6N2O/c1-2-3-4-20-16-36-26(37-17-20)12-7-18-6-11-23-22(13-18)10-9-21(27(23)32)8-5-19-14-24(30)28(25(31)15-19)38-29(33,34)35/h2,6,9-11,13-17H,1,3-5,7-8,12H2. The predicted molar refractivity (Wildman–Crippen MR) is 132 cm³/mol. The molecule has 4 rings (SSSR count). The molecule has 0 atom stereocenters. The summed E-state index contributed by atoms with van der Waals surface area (Å²) < 4.78 is 83.5. The van der Waals surface area contributed by atoms with Crippen molar-refractivity contribution >= 4 is 10.8 Å². The molecule has 0 saturated heterocycles. The van der Waals surface area contributed by atoms with Crippen molar-refractivity contribution in [1.29, 1.82) is 0 Å². The van der Waals surface area contributed by atoms with Crippen LogP contribution in [0.3, 0.4) is 0 Å². The first-order chi connectivity index (χ1) is 18.1. The minimum absolute atomic E-state index is 0.0209. The van der Waals surface area contributed by atoms with E-state index in [2.05, 4.69) is 21.3 Å². The number of ether oxygens (including phenoxy) is 1. The lowest BCUT2D eigenvalue weighted by molar-refractivity contribution is -0.276. The second-order valence-corrected chi connectivity index (χ2v) is 8.87. The molecule has 0 amide bonds. The van der Waals surface area contributed by atoms with Crippen LogP contribution in [0, 0.1) is 17.5 Å². The fourth-order valence-electron chi connectivity index (χ4n) is 4.15. The zero-order valence-corrected chi connectivity index (χ0v) is 20.3. The number of benzene rings is 3. The van der Waals surface area contributed by atoms with E-state index in [1.807, 2.05) is 30.6 Å². The summed E-state index contributed by atoms with van der Waals surface area (Å²) in [4.78, 5) is 8.80. The Bertz CT molecular complexity index is 1410. The molecule has 1 heterocycles. The van der Waals surface area contributed by atoms with Crippen LogP contribution < -0.4 is 4.74 Å². The molecule has 3 nitrogen and oxygen atoms in total. The highest BCUT2D eigenvalue weighted by molar-refractivity contribution is 5.84. The summed E-state index contributed by atoms with van der Waals surface area (Å²) >= 11 is 0. The zero-order valence-electron chi connectivity index (χ0n) is 20.3. The average molecular weight is 531 g/mol. The third-order valence-electron chi connectivity index (χ3n) is 6.09. The zero-order chi connectivity index (χ0) is 27.3. The molecule has 0 unspecified atom stereocenters. The molecule has 1 aromatic heterocycles. The lowest BCUT2D eigenvalue weighted by Crippen LogP contribution is -2.19. The number of allylic oxidation sites excluding steroid dienone is 1. The summed E-state index contributed by atoms with van der Waals surface area (Å²) in [7, 11) is 0. The predicted octanol–water partition coefficient (Wildman–Crippen LogP) is 7.63. The van der Waals surface area contributed by atoms with Gasteiger partial charge in [-0.2, -0.15) is 0 Å². The van der Waals surface area contributed by atoms with E-state index in [0.29, 0.717) is 29.2 Å². The van der Waals surface area contributed by atoms with Gasteiger partial charge in [0.25, 0.3) is 0 Å². The van der Waals surface area contributed by atoms with Crippen molar-refractivity contribution in [1.82, 2.24) is 9.97 Å². The van der Waals surface area contributed by atoms with Gasteiger partial charge in [0.15, 0.2) is 11.6 Å². The number of fused-ring (bicyclic) bond motifs is 1. The Morgan fingerprint density at radius 3 is 2.11 bits per heavy atom. The van der Waals surface area contributed by atoms with Gasteiger partial charge in [0.05, 0.1) is 0 Å². The maximum Gasteiger partial charge on any atom is 0.573 e. The van der Waals surface area contributed by atoms with Gasteiger partial charge in [0, 0.05) is 24.2 Å². The minimum atomic E-state index is -5.22. The average Bonchev–Trinajstić information content (AvgIpc) is 2.88. The SMILES string of the molecule is C=CCCc1cnc(CCc2ccc3c(F)c(CCc4cc(F)c(OC(F)(F)F)c(F)c4)ccc3c2)nc1. The third kappa shape index (κ3) is 6.90. The fourth-order valence-corrected chi connectivity index (χ4v) is 4.15. The fraction of sp³-hybridized carbons (Fsp3) is 0.241. The van der Waals surface area contributed by atoms with E-state index < -0.39 is 29.6 Å². The van der Waals surface area contributed by atoms with Crippen LogP contribution in [0.1, 0.15) is 34.5 Å². The van der Waals surface area contributed by atoms with Gasteiger partial charge in [-0.25, -0.2) is 23.1 Å². The van der Waals surface area contributed by atoms with Crippen molar-refractivity contribution in [2.24, 2.45) is 0 Å². The number of hydrogen-bond donors (Lipinski definition) is 0. The van der Waals surface area contributed by atoms with Crippen molar-refractivity contribution in [2.45, 2.75) is 44.9 Å². The molecule has 38 heavy (non-hydrogen) atoms. The van der Waals surface area contributed by atoms with E-state index >= 15 is 4.39 Å². The summed E-state index contributed by atoms with van der Waals surface area (Å²) in [6.07, 6.45) is 3.40. The van der Waals surface area contributed by atoms with Gasteiger partial charge < -0.3 is 4.74 Å². The Kier molecular flexibility index (Phi) is 8.34. The summed E-state index contributed by atoms with van der Waals surface area (Å²) in [5, 5.41) is 1.11. The lowest BCUT2D eigenvalue weighted by atomic mass is 9.98. The Hall–Kier alpha value is -3.88. The van der Waals surface area contributed by atoms with Crippen LogP contribution in [0.25, 0.3) is 10.8 Å². The number of alkyl halides is 3. The smallest absolute Gasteiger partial charge is 0.399 e. The van der Waals surface area contributed by atoms with Crippen LogP contribution in [0.4, 0.5) is 26.3 Å². The van der Waals surface area contributed by atoms with Gasteiger partial charge in [-0.05, 0) is 71.9 Å². The van der Waals surface area contributed by atoms with Crippen LogP contribution in [0.5, 0.6) is 5.75 Å². The first-order valence-electron chi connectivity index (χ1n) is 12.0. The molecule has 0 radical (unpaired) electrons. The van der Waals surface area contributed by atoms with Gasteiger partial charge in [0.1, 0.15) is 11.6 Å². The van der Waals surface area contributed by atoms with Crippen molar-refractivity contribution in [3.05, 3.63) is 113 Å². The molecular weight excluding hydrogens is 506 g/mol. The van der Waals surface area contributed by atoms with E-state index in [1.54, 1.807) is 18.2 Å².